The molecule has 0 saturated carbocycles. The Morgan fingerprint density at radius 2 is 1.50 bits per heavy atom. The van der Waals surface area contributed by atoms with Gasteiger partial charge in [-0.3, -0.25) is 14.5 Å². The number of nitrogens with zero attached hydrogens (tertiary/aromatic N) is 1. The first-order chi connectivity index (χ1) is 15.5. The summed E-state index contributed by atoms with van der Waals surface area (Å²) < 4.78 is 27.6. The Hall–Kier alpha value is -3.97. The molecule has 0 saturated heterocycles. The number of hydrogen-bond acceptors (Lipinski definition) is 4. The average molecular weight is 442 g/mol. The van der Waals surface area contributed by atoms with Gasteiger partial charge in [-0.15, -0.1) is 0 Å². The van der Waals surface area contributed by atoms with Crippen LogP contribution >= 0.6 is 0 Å². The normalized spacial score (nSPS) is 12.0. The summed E-state index contributed by atoms with van der Waals surface area (Å²) in [5.41, 5.74) is 6.37. The zero-order valence-electron chi connectivity index (χ0n) is 16.9. The standard InChI is InChI=1S/C25H19N3O3S/c29-25(27-21-7-10-24-19(16-21)15-18-3-1-2-4-23(18)24)17-5-8-22(9-6-17)32(30,31)28-20-11-13-26-14-12-20/h1-14,16H,15H2,(H,26,28)(H,27,29). The van der Waals surface area contributed by atoms with Crippen molar-refractivity contribution in [3.05, 3.63) is 108 Å². The number of aromatic nitrogens is 1. The van der Waals surface area contributed by atoms with E-state index in [1.807, 2.05) is 30.3 Å². The second-order valence-corrected chi connectivity index (χ2v) is 9.21. The van der Waals surface area contributed by atoms with Gasteiger partial charge in [-0.1, -0.05) is 30.3 Å². The number of benzene rings is 3. The van der Waals surface area contributed by atoms with Crippen LogP contribution in [0.1, 0.15) is 21.5 Å². The molecule has 4 aromatic rings. The summed E-state index contributed by atoms with van der Waals surface area (Å²) in [7, 11) is -3.76. The van der Waals surface area contributed by atoms with E-state index in [2.05, 4.69) is 27.2 Å². The minimum absolute atomic E-state index is 0.0705. The fourth-order valence-corrected chi connectivity index (χ4v) is 4.90. The molecule has 0 fully saturated rings. The average Bonchev–Trinajstić information content (AvgIpc) is 3.17. The van der Waals surface area contributed by atoms with E-state index in [0.29, 0.717) is 16.9 Å². The highest BCUT2D eigenvalue weighted by Gasteiger charge is 2.19. The Morgan fingerprint density at radius 3 is 2.28 bits per heavy atom. The van der Waals surface area contributed by atoms with E-state index >= 15 is 0 Å². The fourth-order valence-electron chi connectivity index (χ4n) is 3.85. The van der Waals surface area contributed by atoms with Gasteiger partial charge in [0.05, 0.1) is 10.6 Å². The number of sulfonamides is 1. The molecule has 1 heterocycles. The molecule has 3 aromatic carbocycles. The molecule has 0 radical (unpaired) electrons. The number of carbonyl (C=O) groups is 1. The molecule has 6 nitrogen and oxygen atoms in total. The maximum Gasteiger partial charge on any atom is 0.261 e. The summed E-state index contributed by atoms with van der Waals surface area (Å²) in [6.45, 7) is 0. The van der Waals surface area contributed by atoms with Crippen LogP contribution in [0.4, 0.5) is 11.4 Å². The Kier molecular flexibility index (Phi) is 4.95. The van der Waals surface area contributed by atoms with E-state index in [1.54, 1.807) is 12.1 Å². The maximum absolute atomic E-state index is 12.7. The summed E-state index contributed by atoms with van der Waals surface area (Å²) in [5, 5.41) is 2.90. The summed E-state index contributed by atoms with van der Waals surface area (Å²) in [4.78, 5) is 16.6. The van der Waals surface area contributed by atoms with Crippen molar-refractivity contribution < 1.29 is 13.2 Å². The number of hydrogen-bond donors (Lipinski definition) is 2. The molecule has 0 aliphatic heterocycles. The zero-order valence-corrected chi connectivity index (χ0v) is 17.8. The van der Waals surface area contributed by atoms with Crippen LogP contribution < -0.4 is 10.0 Å². The molecule has 1 aromatic heterocycles. The highest BCUT2D eigenvalue weighted by atomic mass is 32.2. The monoisotopic (exact) mass is 441 g/mol. The number of amides is 1. The number of nitrogens with one attached hydrogen (secondary N) is 2. The highest BCUT2D eigenvalue weighted by Crippen LogP contribution is 2.37. The third kappa shape index (κ3) is 3.86. The Bertz CT molecular complexity index is 1420. The Balaban J connectivity index is 1.30. The van der Waals surface area contributed by atoms with Gasteiger partial charge in [0.2, 0.25) is 0 Å². The van der Waals surface area contributed by atoms with Crippen molar-refractivity contribution in [3.63, 3.8) is 0 Å². The van der Waals surface area contributed by atoms with Crippen molar-refractivity contribution in [2.45, 2.75) is 11.3 Å². The lowest BCUT2D eigenvalue weighted by Gasteiger charge is -2.10. The number of anilines is 2. The summed E-state index contributed by atoms with van der Waals surface area (Å²) in [6.07, 6.45) is 3.85. The topological polar surface area (TPSA) is 88.2 Å². The maximum atomic E-state index is 12.7. The lowest BCUT2D eigenvalue weighted by Crippen LogP contribution is -2.15. The number of fused-ring (bicyclic) bond motifs is 3. The van der Waals surface area contributed by atoms with Gasteiger partial charge in [0.1, 0.15) is 0 Å². The van der Waals surface area contributed by atoms with Gasteiger partial charge in [-0.2, -0.15) is 0 Å². The number of rotatable bonds is 5. The van der Waals surface area contributed by atoms with Gasteiger partial charge in [-0.25, -0.2) is 8.42 Å². The van der Waals surface area contributed by atoms with Crippen LogP contribution in [-0.2, 0) is 16.4 Å². The smallest absolute Gasteiger partial charge is 0.261 e. The molecule has 1 amide bonds. The second-order valence-electron chi connectivity index (χ2n) is 7.53. The van der Waals surface area contributed by atoms with Crippen LogP contribution in [0, 0.1) is 0 Å². The van der Waals surface area contributed by atoms with E-state index in [1.165, 1.54) is 58.9 Å². The third-order valence-corrected chi connectivity index (χ3v) is 6.81. The molecule has 2 N–H and O–H groups in total. The van der Waals surface area contributed by atoms with Crippen LogP contribution in [0.15, 0.2) is 96.2 Å². The summed E-state index contributed by atoms with van der Waals surface area (Å²) in [6, 6.07) is 23.1. The van der Waals surface area contributed by atoms with Gasteiger partial charge in [0.15, 0.2) is 0 Å². The first kappa shape index (κ1) is 20.0. The van der Waals surface area contributed by atoms with E-state index in [9.17, 15) is 13.2 Å². The largest absolute Gasteiger partial charge is 0.322 e. The van der Waals surface area contributed by atoms with Crippen LogP contribution in [0.3, 0.4) is 0 Å². The summed E-state index contributed by atoms with van der Waals surface area (Å²) in [5.74, 6) is -0.300. The van der Waals surface area contributed by atoms with Crippen molar-refractivity contribution in [3.8, 4) is 11.1 Å². The van der Waals surface area contributed by atoms with Crippen molar-refractivity contribution in [1.82, 2.24) is 4.98 Å². The van der Waals surface area contributed by atoms with Gasteiger partial charge < -0.3 is 5.32 Å². The molecule has 158 valence electrons. The van der Waals surface area contributed by atoms with Gasteiger partial charge >= 0.3 is 0 Å². The quantitative estimate of drug-likeness (QED) is 0.414. The van der Waals surface area contributed by atoms with Gasteiger partial charge in [-0.05, 0) is 77.2 Å². The van der Waals surface area contributed by atoms with Crippen molar-refractivity contribution in [2.24, 2.45) is 0 Å². The lowest BCUT2D eigenvalue weighted by molar-refractivity contribution is 0.102. The SMILES string of the molecule is O=C(Nc1ccc2c(c1)Cc1ccccc1-2)c1ccc(S(=O)(=O)Nc2ccncc2)cc1. The molecule has 5 rings (SSSR count). The molecule has 0 unspecified atom stereocenters. The van der Waals surface area contributed by atoms with Gasteiger partial charge in [0, 0.05) is 23.6 Å². The second kappa shape index (κ2) is 7.94. The number of carbonyl (C=O) groups excluding carboxylic acids is 1. The van der Waals surface area contributed by atoms with Crippen LogP contribution in [0.25, 0.3) is 11.1 Å². The molecular weight excluding hydrogens is 422 g/mol. The summed E-state index contributed by atoms with van der Waals surface area (Å²) >= 11 is 0. The van der Waals surface area contributed by atoms with E-state index < -0.39 is 10.0 Å². The first-order valence-corrected chi connectivity index (χ1v) is 11.5. The highest BCUT2D eigenvalue weighted by molar-refractivity contribution is 7.92. The van der Waals surface area contributed by atoms with Gasteiger partial charge in [0.25, 0.3) is 15.9 Å². The van der Waals surface area contributed by atoms with E-state index in [0.717, 1.165) is 6.42 Å². The molecule has 0 atom stereocenters. The molecule has 7 heteroatoms. The molecular formula is C25H19N3O3S. The fraction of sp³-hybridized carbons (Fsp3) is 0.0400. The third-order valence-electron chi connectivity index (χ3n) is 5.41. The van der Waals surface area contributed by atoms with Crippen LogP contribution in [-0.4, -0.2) is 19.3 Å². The van der Waals surface area contributed by atoms with Crippen LogP contribution in [0.2, 0.25) is 0 Å². The Labute approximate surface area is 186 Å². The molecule has 0 bridgehead atoms. The van der Waals surface area contributed by atoms with Crippen molar-refractivity contribution in [2.75, 3.05) is 10.0 Å². The first-order valence-electron chi connectivity index (χ1n) is 10.0. The predicted molar refractivity (Wildman–Crippen MR) is 124 cm³/mol. The number of pyridine rings is 1. The minimum Gasteiger partial charge on any atom is -0.322 e. The zero-order chi connectivity index (χ0) is 22.1. The van der Waals surface area contributed by atoms with Crippen molar-refractivity contribution >= 4 is 27.3 Å². The predicted octanol–water partition coefficient (Wildman–Crippen LogP) is 4.71. The van der Waals surface area contributed by atoms with E-state index in [-0.39, 0.29) is 10.8 Å². The van der Waals surface area contributed by atoms with Crippen molar-refractivity contribution in [1.29, 1.82) is 0 Å². The molecule has 32 heavy (non-hydrogen) atoms. The van der Waals surface area contributed by atoms with E-state index in [4.69, 9.17) is 0 Å². The Morgan fingerprint density at radius 1 is 0.781 bits per heavy atom. The minimum atomic E-state index is -3.76. The molecule has 1 aliphatic carbocycles. The molecule has 0 spiro atoms. The molecule has 1 aliphatic rings. The van der Waals surface area contributed by atoms with Crippen LogP contribution in [0.5, 0.6) is 0 Å². The lowest BCUT2D eigenvalue weighted by atomic mass is 10.1.